The van der Waals surface area contributed by atoms with Gasteiger partial charge in [0.2, 0.25) is 0 Å². The average Bonchev–Trinajstić information content (AvgIpc) is 1.82. The second-order valence-electron chi connectivity index (χ2n) is 5.61. The summed E-state index contributed by atoms with van der Waals surface area (Å²) in [4.78, 5) is 0. The predicted molar refractivity (Wildman–Crippen MR) is 62.0 cm³/mol. The van der Waals surface area contributed by atoms with E-state index in [0.29, 0.717) is 5.41 Å². The molecule has 0 aromatic heterocycles. The third-order valence-electron chi connectivity index (χ3n) is 2.36. The Balaban J connectivity index is 4.57. The highest BCUT2D eigenvalue weighted by molar-refractivity contribution is 7.27. The molecule has 0 heterocycles. The van der Waals surface area contributed by atoms with Crippen molar-refractivity contribution in [3.63, 3.8) is 0 Å². The summed E-state index contributed by atoms with van der Waals surface area (Å²) >= 11 is 0. The van der Waals surface area contributed by atoms with Gasteiger partial charge < -0.3 is 4.57 Å². The van der Waals surface area contributed by atoms with Crippen molar-refractivity contribution in [1.82, 2.24) is 0 Å². The normalized spacial score (nSPS) is 15.7. The van der Waals surface area contributed by atoms with E-state index < -0.39 is 8.46 Å². The van der Waals surface area contributed by atoms with E-state index in [2.05, 4.69) is 41.5 Å². The molecule has 0 N–H and O–H groups in total. The van der Waals surface area contributed by atoms with Gasteiger partial charge in [0, 0.05) is 0 Å². The van der Waals surface area contributed by atoms with Crippen LogP contribution in [0.3, 0.4) is 0 Å². The molecule has 0 aliphatic carbocycles. The van der Waals surface area contributed by atoms with Crippen molar-refractivity contribution in [2.45, 2.75) is 48.0 Å². The van der Waals surface area contributed by atoms with Crippen molar-refractivity contribution in [3.05, 3.63) is 11.4 Å². The zero-order valence-electron chi connectivity index (χ0n) is 9.77. The SMILES string of the molecule is CC(=C[PH2]=O)C(C)(C)CC(C)(C)C. The average molecular weight is 202 g/mol. The van der Waals surface area contributed by atoms with E-state index in [1.165, 1.54) is 5.57 Å². The minimum atomic E-state index is -0.746. The second-order valence-corrected chi connectivity index (χ2v) is 6.21. The van der Waals surface area contributed by atoms with Gasteiger partial charge in [0.25, 0.3) is 0 Å². The van der Waals surface area contributed by atoms with E-state index in [0.717, 1.165) is 6.42 Å². The monoisotopic (exact) mass is 202 g/mol. The van der Waals surface area contributed by atoms with Crippen molar-refractivity contribution in [1.29, 1.82) is 0 Å². The van der Waals surface area contributed by atoms with Crippen LogP contribution < -0.4 is 0 Å². The molecule has 0 saturated carbocycles. The highest BCUT2D eigenvalue weighted by Gasteiger charge is 2.26. The summed E-state index contributed by atoms with van der Waals surface area (Å²) in [5.74, 6) is 1.88. The topological polar surface area (TPSA) is 17.1 Å². The van der Waals surface area contributed by atoms with Gasteiger partial charge in [-0.05, 0) is 30.0 Å². The van der Waals surface area contributed by atoms with Crippen molar-refractivity contribution >= 4 is 8.46 Å². The van der Waals surface area contributed by atoms with Gasteiger partial charge in [0.1, 0.15) is 0 Å². The van der Waals surface area contributed by atoms with Crippen molar-refractivity contribution < 1.29 is 4.57 Å². The lowest BCUT2D eigenvalue weighted by Crippen LogP contribution is -2.21. The first-order valence-corrected chi connectivity index (χ1v) is 5.95. The Hall–Kier alpha value is -0.0300. The van der Waals surface area contributed by atoms with Gasteiger partial charge in [-0.2, -0.15) is 0 Å². The van der Waals surface area contributed by atoms with Crippen LogP contribution >= 0.6 is 8.46 Å². The van der Waals surface area contributed by atoms with Gasteiger partial charge in [-0.1, -0.05) is 40.2 Å². The quantitative estimate of drug-likeness (QED) is 0.629. The van der Waals surface area contributed by atoms with Crippen LogP contribution in [0.1, 0.15) is 48.0 Å². The fourth-order valence-corrected chi connectivity index (χ4v) is 2.45. The van der Waals surface area contributed by atoms with Gasteiger partial charge in [0.05, 0.1) is 8.46 Å². The maximum Gasteiger partial charge on any atom is 0.0851 e. The molecule has 0 amide bonds. The van der Waals surface area contributed by atoms with E-state index >= 15 is 0 Å². The van der Waals surface area contributed by atoms with Crippen LogP contribution in [-0.4, -0.2) is 0 Å². The summed E-state index contributed by atoms with van der Waals surface area (Å²) in [5, 5.41) is 0. The van der Waals surface area contributed by atoms with Gasteiger partial charge in [0.15, 0.2) is 0 Å². The van der Waals surface area contributed by atoms with Gasteiger partial charge in [-0.3, -0.25) is 0 Å². The Labute approximate surface area is 83.8 Å². The maximum absolute atomic E-state index is 10.6. The smallest absolute Gasteiger partial charge is 0.0851 e. The summed E-state index contributed by atoms with van der Waals surface area (Å²) < 4.78 is 10.6. The molecule has 1 atom stereocenters. The summed E-state index contributed by atoms with van der Waals surface area (Å²) in [5.41, 5.74) is 1.76. The zero-order valence-corrected chi connectivity index (χ0v) is 10.9. The van der Waals surface area contributed by atoms with E-state index in [4.69, 9.17) is 0 Å². The lowest BCUT2D eigenvalue weighted by atomic mass is 9.73. The first kappa shape index (κ1) is 13.0. The fourth-order valence-electron chi connectivity index (χ4n) is 1.79. The summed E-state index contributed by atoms with van der Waals surface area (Å²) in [6.07, 6.45) is 1.13. The first-order chi connectivity index (χ1) is 5.69. The van der Waals surface area contributed by atoms with E-state index in [1.54, 1.807) is 0 Å². The molecule has 0 bridgehead atoms. The molecule has 1 nitrogen and oxygen atoms in total. The van der Waals surface area contributed by atoms with Crippen LogP contribution in [0.25, 0.3) is 0 Å². The number of hydrogen-bond acceptors (Lipinski definition) is 1. The molecule has 0 fully saturated rings. The van der Waals surface area contributed by atoms with Crippen molar-refractivity contribution in [2.24, 2.45) is 10.8 Å². The Morgan fingerprint density at radius 1 is 1.23 bits per heavy atom. The summed E-state index contributed by atoms with van der Waals surface area (Å²) in [7, 11) is -0.746. The second kappa shape index (κ2) is 4.46. The molecular formula is C11H23OP. The number of rotatable bonds is 3. The standard InChI is InChI=1S/C11H23OP/c1-9(7-13-12)11(5,6)8-10(2,3)4/h7H,8,13H2,1-6H3. The molecule has 78 valence electrons. The van der Waals surface area contributed by atoms with Crippen LogP contribution in [-0.2, 0) is 4.57 Å². The molecule has 0 aliphatic heterocycles. The maximum atomic E-state index is 10.6. The Morgan fingerprint density at radius 3 is 2.00 bits per heavy atom. The molecule has 1 unspecified atom stereocenters. The Morgan fingerprint density at radius 2 is 1.69 bits per heavy atom. The lowest BCUT2D eigenvalue weighted by molar-refractivity contribution is 0.250. The molecule has 0 aromatic carbocycles. The molecule has 0 spiro atoms. The van der Waals surface area contributed by atoms with Gasteiger partial charge in [-0.15, -0.1) is 0 Å². The predicted octanol–water partition coefficient (Wildman–Crippen LogP) is 4.11. The molecule has 0 radical (unpaired) electrons. The Bertz CT molecular complexity index is 209. The minimum absolute atomic E-state index is 0.176. The van der Waals surface area contributed by atoms with Crippen LogP contribution in [0.2, 0.25) is 0 Å². The fraction of sp³-hybridized carbons (Fsp3) is 0.818. The molecule has 0 saturated heterocycles. The van der Waals surface area contributed by atoms with Crippen molar-refractivity contribution in [2.75, 3.05) is 0 Å². The van der Waals surface area contributed by atoms with Gasteiger partial charge >= 0.3 is 0 Å². The summed E-state index contributed by atoms with van der Waals surface area (Å²) in [6, 6.07) is 0. The largest absolute Gasteiger partial charge is 0.326 e. The zero-order chi connectivity index (χ0) is 10.7. The highest BCUT2D eigenvalue weighted by atomic mass is 31.1. The lowest BCUT2D eigenvalue weighted by Gasteiger charge is -2.33. The van der Waals surface area contributed by atoms with E-state index in [-0.39, 0.29) is 5.41 Å². The molecular weight excluding hydrogens is 179 g/mol. The Kier molecular flexibility index (Phi) is 4.45. The molecule has 0 rings (SSSR count). The molecule has 13 heavy (non-hydrogen) atoms. The first-order valence-electron chi connectivity index (χ1n) is 4.81. The third-order valence-corrected chi connectivity index (χ3v) is 2.99. The number of allylic oxidation sites excluding steroid dienone is 1. The minimum Gasteiger partial charge on any atom is -0.326 e. The van der Waals surface area contributed by atoms with Crippen LogP contribution in [0, 0.1) is 10.8 Å². The van der Waals surface area contributed by atoms with Crippen LogP contribution in [0.15, 0.2) is 11.4 Å². The van der Waals surface area contributed by atoms with Crippen LogP contribution in [0.4, 0.5) is 0 Å². The highest BCUT2D eigenvalue weighted by Crippen LogP contribution is 2.39. The van der Waals surface area contributed by atoms with Crippen LogP contribution in [0.5, 0.6) is 0 Å². The molecule has 0 aromatic rings. The number of hydrogen-bond donors (Lipinski definition) is 0. The van der Waals surface area contributed by atoms with E-state index in [1.807, 2.05) is 5.82 Å². The van der Waals surface area contributed by atoms with Gasteiger partial charge in [-0.25, -0.2) is 0 Å². The molecule has 2 heteroatoms. The van der Waals surface area contributed by atoms with E-state index in [9.17, 15) is 4.57 Å². The summed E-state index contributed by atoms with van der Waals surface area (Å²) in [6.45, 7) is 13.2. The van der Waals surface area contributed by atoms with Crippen molar-refractivity contribution in [3.8, 4) is 0 Å². The molecule has 0 aliphatic rings. The third kappa shape index (κ3) is 5.31.